The van der Waals surface area contributed by atoms with Crippen LogP contribution in [0.4, 0.5) is 0 Å². The number of ether oxygens (including phenoxy) is 1. The first kappa shape index (κ1) is 15.0. The summed E-state index contributed by atoms with van der Waals surface area (Å²) < 4.78 is 5.09. The van der Waals surface area contributed by atoms with Crippen LogP contribution in [0.2, 0.25) is 0 Å². The number of methoxy groups -OCH3 is 1. The lowest BCUT2D eigenvalue weighted by atomic mass is 10.1. The highest BCUT2D eigenvalue weighted by Gasteiger charge is 2.06. The number of nitrogens with one attached hydrogen (secondary N) is 1. The standard InChI is InChI=1S/C19H18N2O2/c1-23-17-9-7-16(8-10-17)19(22)21-13-11-15-5-2-4-14-6-3-12-20-18(14)15/h2-10,12H,11,13H2,1H3,(H,21,22). The molecule has 0 bridgehead atoms. The number of hydrogen-bond donors (Lipinski definition) is 1. The Hall–Kier alpha value is -2.88. The third kappa shape index (κ3) is 3.48. The number of rotatable bonds is 5. The van der Waals surface area contributed by atoms with Crippen molar-refractivity contribution < 1.29 is 9.53 Å². The van der Waals surface area contributed by atoms with E-state index >= 15 is 0 Å². The van der Waals surface area contributed by atoms with Gasteiger partial charge in [0.2, 0.25) is 0 Å². The lowest BCUT2D eigenvalue weighted by Gasteiger charge is -2.08. The van der Waals surface area contributed by atoms with Crippen LogP contribution in [0.3, 0.4) is 0 Å². The van der Waals surface area contributed by atoms with Gasteiger partial charge in [0.25, 0.3) is 5.91 Å². The summed E-state index contributed by atoms with van der Waals surface area (Å²) >= 11 is 0. The molecule has 116 valence electrons. The molecular formula is C19H18N2O2. The number of nitrogens with zero attached hydrogens (tertiary/aromatic N) is 1. The number of pyridine rings is 1. The van der Waals surface area contributed by atoms with Gasteiger partial charge in [-0.25, -0.2) is 0 Å². The number of para-hydroxylation sites is 1. The zero-order valence-corrected chi connectivity index (χ0v) is 13.0. The molecule has 0 atom stereocenters. The van der Waals surface area contributed by atoms with Gasteiger partial charge in [-0.15, -0.1) is 0 Å². The van der Waals surface area contributed by atoms with E-state index in [4.69, 9.17) is 4.74 Å². The smallest absolute Gasteiger partial charge is 0.251 e. The first-order valence-corrected chi connectivity index (χ1v) is 7.53. The van der Waals surface area contributed by atoms with Crippen molar-refractivity contribution in [1.82, 2.24) is 10.3 Å². The predicted molar refractivity (Wildman–Crippen MR) is 90.8 cm³/mol. The second-order valence-electron chi connectivity index (χ2n) is 5.23. The Balaban J connectivity index is 1.63. The minimum atomic E-state index is -0.0825. The molecule has 1 aromatic heterocycles. The monoisotopic (exact) mass is 306 g/mol. The van der Waals surface area contributed by atoms with E-state index < -0.39 is 0 Å². The molecule has 2 aromatic carbocycles. The number of carbonyl (C=O) groups excluding carboxylic acids is 1. The van der Waals surface area contributed by atoms with Gasteiger partial charge in [-0.3, -0.25) is 9.78 Å². The molecule has 23 heavy (non-hydrogen) atoms. The third-order valence-electron chi connectivity index (χ3n) is 3.75. The van der Waals surface area contributed by atoms with Crippen molar-refractivity contribution in [1.29, 1.82) is 0 Å². The average Bonchev–Trinajstić information content (AvgIpc) is 2.62. The molecule has 0 saturated heterocycles. The molecule has 0 aliphatic carbocycles. The van der Waals surface area contributed by atoms with Crippen LogP contribution in [0.15, 0.2) is 60.8 Å². The second kappa shape index (κ2) is 6.92. The fourth-order valence-electron chi connectivity index (χ4n) is 2.52. The third-order valence-corrected chi connectivity index (χ3v) is 3.75. The van der Waals surface area contributed by atoms with Crippen LogP contribution in [-0.2, 0) is 6.42 Å². The summed E-state index contributed by atoms with van der Waals surface area (Å²) in [6.45, 7) is 0.570. The van der Waals surface area contributed by atoms with Crippen molar-refractivity contribution in [2.45, 2.75) is 6.42 Å². The minimum absolute atomic E-state index is 0.0825. The van der Waals surface area contributed by atoms with E-state index in [9.17, 15) is 4.79 Å². The van der Waals surface area contributed by atoms with E-state index in [1.54, 1.807) is 37.6 Å². The van der Waals surface area contributed by atoms with Crippen molar-refractivity contribution >= 4 is 16.8 Å². The molecule has 0 aliphatic heterocycles. The molecule has 0 fully saturated rings. The fraction of sp³-hybridized carbons (Fsp3) is 0.158. The topological polar surface area (TPSA) is 51.2 Å². The van der Waals surface area contributed by atoms with Gasteiger partial charge in [0.1, 0.15) is 5.75 Å². The number of amides is 1. The average molecular weight is 306 g/mol. The van der Waals surface area contributed by atoms with Crippen molar-refractivity contribution in [3.8, 4) is 5.75 Å². The Labute approximate surface area is 135 Å². The summed E-state index contributed by atoms with van der Waals surface area (Å²) in [6.07, 6.45) is 2.54. The molecule has 3 rings (SSSR count). The largest absolute Gasteiger partial charge is 0.497 e. The summed E-state index contributed by atoms with van der Waals surface area (Å²) in [5, 5.41) is 4.06. The molecule has 1 amide bonds. The maximum atomic E-state index is 12.1. The van der Waals surface area contributed by atoms with E-state index in [0.29, 0.717) is 12.1 Å². The number of fused-ring (bicyclic) bond motifs is 1. The van der Waals surface area contributed by atoms with E-state index in [0.717, 1.165) is 28.6 Å². The van der Waals surface area contributed by atoms with Gasteiger partial charge in [0.05, 0.1) is 12.6 Å². The van der Waals surface area contributed by atoms with Gasteiger partial charge < -0.3 is 10.1 Å². The maximum absolute atomic E-state index is 12.1. The Morgan fingerprint density at radius 1 is 1.09 bits per heavy atom. The molecule has 1 N–H and O–H groups in total. The first-order chi connectivity index (χ1) is 11.3. The summed E-state index contributed by atoms with van der Waals surface area (Å²) in [4.78, 5) is 16.6. The highest BCUT2D eigenvalue weighted by molar-refractivity contribution is 5.94. The van der Waals surface area contributed by atoms with Crippen LogP contribution in [0, 0.1) is 0 Å². The highest BCUT2D eigenvalue weighted by Crippen LogP contribution is 2.16. The zero-order chi connectivity index (χ0) is 16.1. The van der Waals surface area contributed by atoms with E-state index in [1.807, 2.05) is 24.3 Å². The van der Waals surface area contributed by atoms with Crippen molar-refractivity contribution in [3.63, 3.8) is 0 Å². The van der Waals surface area contributed by atoms with Gasteiger partial charge in [0.15, 0.2) is 0 Å². The Morgan fingerprint density at radius 3 is 2.65 bits per heavy atom. The van der Waals surface area contributed by atoms with Crippen LogP contribution < -0.4 is 10.1 Å². The fourth-order valence-corrected chi connectivity index (χ4v) is 2.52. The molecule has 0 aliphatic rings. The van der Waals surface area contributed by atoms with Crippen LogP contribution in [0.25, 0.3) is 10.9 Å². The summed E-state index contributed by atoms with van der Waals surface area (Å²) in [6, 6.07) is 17.2. The molecular weight excluding hydrogens is 288 g/mol. The van der Waals surface area contributed by atoms with Crippen LogP contribution >= 0.6 is 0 Å². The normalized spacial score (nSPS) is 10.5. The lowest BCUT2D eigenvalue weighted by molar-refractivity contribution is 0.0954. The maximum Gasteiger partial charge on any atom is 0.251 e. The van der Waals surface area contributed by atoms with Crippen LogP contribution in [0.5, 0.6) is 5.75 Å². The van der Waals surface area contributed by atoms with Crippen molar-refractivity contribution in [2.75, 3.05) is 13.7 Å². The van der Waals surface area contributed by atoms with Gasteiger partial charge in [-0.05, 0) is 42.3 Å². The highest BCUT2D eigenvalue weighted by atomic mass is 16.5. The quantitative estimate of drug-likeness (QED) is 0.787. The molecule has 3 aromatic rings. The Bertz CT molecular complexity index is 808. The molecule has 0 radical (unpaired) electrons. The van der Waals surface area contributed by atoms with E-state index in [-0.39, 0.29) is 5.91 Å². The van der Waals surface area contributed by atoms with Crippen LogP contribution in [-0.4, -0.2) is 24.5 Å². The summed E-state index contributed by atoms with van der Waals surface area (Å²) in [5.74, 6) is 0.657. The van der Waals surface area contributed by atoms with Crippen LogP contribution in [0.1, 0.15) is 15.9 Å². The summed E-state index contributed by atoms with van der Waals surface area (Å²) in [5.41, 5.74) is 2.76. The minimum Gasteiger partial charge on any atom is -0.497 e. The second-order valence-corrected chi connectivity index (χ2v) is 5.23. The molecule has 4 heteroatoms. The van der Waals surface area contributed by atoms with Gasteiger partial charge >= 0.3 is 0 Å². The van der Waals surface area contributed by atoms with E-state index in [2.05, 4.69) is 16.4 Å². The number of carbonyl (C=O) groups is 1. The lowest BCUT2D eigenvalue weighted by Crippen LogP contribution is -2.25. The Kier molecular flexibility index (Phi) is 4.52. The predicted octanol–water partition coefficient (Wildman–Crippen LogP) is 3.22. The number of benzene rings is 2. The summed E-state index contributed by atoms with van der Waals surface area (Å²) in [7, 11) is 1.60. The van der Waals surface area contributed by atoms with Crippen molar-refractivity contribution in [3.05, 3.63) is 71.9 Å². The molecule has 4 nitrogen and oxygen atoms in total. The molecule has 1 heterocycles. The Morgan fingerprint density at radius 2 is 1.87 bits per heavy atom. The van der Waals surface area contributed by atoms with Gasteiger partial charge in [-0.2, -0.15) is 0 Å². The van der Waals surface area contributed by atoms with Gasteiger partial charge in [0, 0.05) is 23.7 Å². The number of hydrogen-bond acceptors (Lipinski definition) is 3. The molecule has 0 unspecified atom stereocenters. The van der Waals surface area contributed by atoms with Gasteiger partial charge in [-0.1, -0.05) is 24.3 Å². The number of aromatic nitrogens is 1. The SMILES string of the molecule is COc1ccc(C(=O)NCCc2cccc3cccnc23)cc1. The van der Waals surface area contributed by atoms with E-state index in [1.165, 1.54) is 0 Å². The first-order valence-electron chi connectivity index (χ1n) is 7.53. The van der Waals surface area contributed by atoms with Crippen molar-refractivity contribution in [2.24, 2.45) is 0 Å². The zero-order valence-electron chi connectivity index (χ0n) is 13.0. The molecule has 0 spiro atoms. The molecule has 0 saturated carbocycles.